The van der Waals surface area contributed by atoms with Crippen molar-refractivity contribution < 1.29 is 13.6 Å². The van der Waals surface area contributed by atoms with E-state index in [0.717, 1.165) is 12.8 Å². The Kier molecular flexibility index (Phi) is 5.65. The van der Waals surface area contributed by atoms with Gasteiger partial charge in [0.2, 0.25) is 11.8 Å². The molecule has 0 radical (unpaired) electrons. The van der Waals surface area contributed by atoms with Crippen molar-refractivity contribution in [2.24, 2.45) is 17.8 Å². The third-order valence-electron chi connectivity index (χ3n) is 4.89. The first-order chi connectivity index (χ1) is 9.52. The van der Waals surface area contributed by atoms with Crippen LogP contribution in [0.2, 0.25) is 0 Å². The van der Waals surface area contributed by atoms with Gasteiger partial charge in [0.05, 0.1) is 0 Å². The standard InChI is InChI=1S/C15H24ClF2NO/c16-9-12-3-1-2-4-13(12)10-19-14(20)11-5-7-15(17,18)8-6-11/h11-13H,1-10H2,(H,19,20). The Bertz CT molecular complexity index is 328. The molecule has 0 saturated heterocycles. The van der Waals surface area contributed by atoms with E-state index in [1.807, 2.05) is 0 Å². The first-order valence-corrected chi connectivity index (χ1v) is 8.27. The van der Waals surface area contributed by atoms with Crippen molar-refractivity contribution in [3.8, 4) is 0 Å². The molecule has 0 aromatic rings. The summed E-state index contributed by atoms with van der Waals surface area (Å²) in [5.41, 5.74) is 0. The van der Waals surface area contributed by atoms with E-state index < -0.39 is 5.92 Å². The van der Waals surface area contributed by atoms with E-state index in [9.17, 15) is 13.6 Å². The molecule has 2 unspecified atom stereocenters. The number of rotatable bonds is 4. The van der Waals surface area contributed by atoms with Gasteiger partial charge in [-0.3, -0.25) is 4.79 Å². The fraction of sp³-hybridized carbons (Fsp3) is 0.933. The highest BCUT2D eigenvalue weighted by Crippen LogP contribution is 2.36. The number of halogens is 3. The molecule has 2 nitrogen and oxygen atoms in total. The van der Waals surface area contributed by atoms with Crippen molar-refractivity contribution in [2.75, 3.05) is 12.4 Å². The average molecular weight is 308 g/mol. The van der Waals surface area contributed by atoms with Crippen molar-refractivity contribution in [3.63, 3.8) is 0 Å². The number of carbonyl (C=O) groups excluding carboxylic acids is 1. The maximum absolute atomic E-state index is 13.1. The second-order valence-corrected chi connectivity index (χ2v) is 6.64. The monoisotopic (exact) mass is 307 g/mol. The molecule has 0 bridgehead atoms. The number of hydrogen-bond donors (Lipinski definition) is 1. The van der Waals surface area contributed by atoms with Gasteiger partial charge in [-0.25, -0.2) is 8.78 Å². The van der Waals surface area contributed by atoms with Crippen LogP contribution in [0, 0.1) is 17.8 Å². The van der Waals surface area contributed by atoms with Gasteiger partial charge in [0, 0.05) is 31.2 Å². The van der Waals surface area contributed by atoms with Gasteiger partial charge in [0.15, 0.2) is 0 Å². The van der Waals surface area contributed by atoms with Crippen LogP contribution in [-0.2, 0) is 4.79 Å². The van der Waals surface area contributed by atoms with Crippen LogP contribution >= 0.6 is 11.6 Å². The second kappa shape index (κ2) is 7.06. The van der Waals surface area contributed by atoms with Crippen LogP contribution in [0.25, 0.3) is 0 Å². The van der Waals surface area contributed by atoms with Crippen LogP contribution < -0.4 is 5.32 Å². The Labute approximate surface area is 124 Å². The van der Waals surface area contributed by atoms with Crippen LogP contribution in [0.4, 0.5) is 8.78 Å². The first kappa shape index (κ1) is 16.0. The SMILES string of the molecule is O=C(NCC1CCCCC1CCl)C1CCC(F)(F)CC1. The lowest BCUT2D eigenvalue weighted by atomic mass is 9.80. The highest BCUT2D eigenvalue weighted by Gasteiger charge is 2.37. The molecule has 1 amide bonds. The van der Waals surface area contributed by atoms with Gasteiger partial charge in [-0.2, -0.15) is 0 Å². The number of hydrogen-bond acceptors (Lipinski definition) is 1. The van der Waals surface area contributed by atoms with E-state index >= 15 is 0 Å². The minimum atomic E-state index is -2.57. The Morgan fingerprint density at radius 1 is 1.10 bits per heavy atom. The number of nitrogens with one attached hydrogen (secondary N) is 1. The third kappa shape index (κ3) is 4.31. The van der Waals surface area contributed by atoms with Crippen molar-refractivity contribution in [3.05, 3.63) is 0 Å². The molecule has 0 heterocycles. The van der Waals surface area contributed by atoms with Crippen LogP contribution in [0.1, 0.15) is 51.4 Å². The molecule has 5 heteroatoms. The van der Waals surface area contributed by atoms with Gasteiger partial charge < -0.3 is 5.32 Å². The minimum Gasteiger partial charge on any atom is -0.356 e. The summed E-state index contributed by atoms with van der Waals surface area (Å²) in [6.07, 6.45) is 4.98. The van der Waals surface area contributed by atoms with E-state index in [1.165, 1.54) is 12.8 Å². The van der Waals surface area contributed by atoms with Crippen molar-refractivity contribution >= 4 is 17.5 Å². The van der Waals surface area contributed by atoms with Crippen LogP contribution in [-0.4, -0.2) is 24.3 Å². The average Bonchev–Trinajstić information content (AvgIpc) is 2.45. The molecule has 0 spiro atoms. The lowest BCUT2D eigenvalue weighted by molar-refractivity contribution is -0.129. The largest absolute Gasteiger partial charge is 0.356 e. The summed E-state index contributed by atoms with van der Waals surface area (Å²) in [6, 6.07) is 0. The summed E-state index contributed by atoms with van der Waals surface area (Å²) >= 11 is 5.97. The van der Waals surface area contributed by atoms with E-state index in [4.69, 9.17) is 11.6 Å². The number of carbonyl (C=O) groups is 1. The van der Waals surface area contributed by atoms with Crippen LogP contribution in [0.5, 0.6) is 0 Å². The quantitative estimate of drug-likeness (QED) is 0.782. The van der Waals surface area contributed by atoms with E-state index in [0.29, 0.717) is 37.1 Å². The Morgan fingerprint density at radius 2 is 1.70 bits per heavy atom. The first-order valence-electron chi connectivity index (χ1n) is 7.73. The summed E-state index contributed by atoms with van der Waals surface area (Å²) in [4.78, 5) is 12.1. The summed E-state index contributed by atoms with van der Waals surface area (Å²) in [7, 11) is 0. The summed E-state index contributed by atoms with van der Waals surface area (Å²) < 4.78 is 26.1. The van der Waals surface area contributed by atoms with E-state index in [2.05, 4.69) is 5.32 Å². The molecular formula is C15H24ClF2NO. The number of alkyl halides is 3. The summed E-state index contributed by atoms with van der Waals surface area (Å²) in [5.74, 6) is -1.25. The molecule has 116 valence electrons. The molecule has 2 aliphatic rings. The minimum absolute atomic E-state index is 0.0422. The zero-order valence-corrected chi connectivity index (χ0v) is 12.6. The smallest absolute Gasteiger partial charge is 0.248 e. The highest BCUT2D eigenvalue weighted by molar-refractivity contribution is 6.18. The fourth-order valence-corrected chi connectivity index (χ4v) is 3.84. The Hall–Kier alpha value is -0.380. The number of amides is 1. The highest BCUT2D eigenvalue weighted by atomic mass is 35.5. The molecule has 2 atom stereocenters. The molecular weight excluding hydrogens is 284 g/mol. The second-order valence-electron chi connectivity index (χ2n) is 6.33. The molecule has 0 aliphatic heterocycles. The van der Waals surface area contributed by atoms with Gasteiger partial charge in [-0.1, -0.05) is 12.8 Å². The van der Waals surface area contributed by atoms with E-state index in [-0.39, 0.29) is 24.7 Å². The topological polar surface area (TPSA) is 29.1 Å². The van der Waals surface area contributed by atoms with Crippen LogP contribution in [0.3, 0.4) is 0 Å². The fourth-order valence-electron chi connectivity index (χ4n) is 3.43. The Morgan fingerprint density at radius 3 is 2.30 bits per heavy atom. The molecule has 20 heavy (non-hydrogen) atoms. The normalized spacial score (nSPS) is 30.9. The van der Waals surface area contributed by atoms with Crippen LogP contribution in [0.15, 0.2) is 0 Å². The third-order valence-corrected chi connectivity index (χ3v) is 5.29. The molecule has 0 aromatic carbocycles. The maximum atomic E-state index is 13.1. The Balaban J connectivity index is 1.74. The van der Waals surface area contributed by atoms with Crippen molar-refractivity contribution in [1.29, 1.82) is 0 Å². The summed E-state index contributed by atoms with van der Waals surface area (Å²) in [6.45, 7) is 0.656. The molecule has 2 aliphatic carbocycles. The van der Waals surface area contributed by atoms with Gasteiger partial charge in [0.1, 0.15) is 0 Å². The van der Waals surface area contributed by atoms with Gasteiger partial charge in [-0.15, -0.1) is 11.6 Å². The molecule has 2 saturated carbocycles. The molecule has 0 aromatic heterocycles. The van der Waals surface area contributed by atoms with Gasteiger partial charge >= 0.3 is 0 Å². The lowest BCUT2D eigenvalue weighted by Crippen LogP contribution is -2.40. The maximum Gasteiger partial charge on any atom is 0.248 e. The molecule has 1 N–H and O–H groups in total. The van der Waals surface area contributed by atoms with Gasteiger partial charge in [-0.05, 0) is 37.5 Å². The lowest BCUT2D eigenvalue weighted by Gasteiger charge is -2.32. The predicted molar refractivity (Wildman–Crippen MR) is 76.1 cm³/mol. The van der Waals surface area contributed by atoms with E-state index in [1.54, 1.807) is 0 Å². The zero-order chi connectivity index (χ0) is 14.6. The molecule has 2 fully saturated rings. The summed E-state index contributed by atoms with van der Waals surface area (Å²) in [5, 5.41) is 2.97. The molecule has 2 rings (SSSR count). The van der Waals surface area contributed by atoms with Crippen molar-refractivity contribution in [2.45, 2.75) is 57.3 Å². The van der Waals surface area contributed by atoms with Gasteiger partial charge in [0.25, 0.3) is 0 Å². The van der Waals surface area contributed by atoms with Crippen molar-refractivity contribution in [1.82, 2.24) is 5.32 Å². The predicted octanol–water partition coefficient (Wildman–Crippen LogP) is 3.97. The zero-order valence-electron chi connectivity index (χ0n) is 11.8.